The molecule has 13 heavy (non-hydrogen) atoms. The standard InChI is InChI=1S/C7H10F3NO2/c8-7(9,10)6(5(12)13)2-1-4(11)3-6/h4H,1-3,11H2,(H,12,13). The van der Waals surface area contributed by atoms with Crippen LogP contribution in [0, 0.1) is 5.41 Å². The first kappa shape index (κ1) is 10.3. The van der Waals surface area contributed by atoms with Gasteiger partial charge in [-0.05, 0) is 19.3 Å². The minimum Gasteiger partial charge on any atom is -0.481 e. The summed E-state index contributed by atoms with van der Waals surface area (Å²) in [5.41, 5.74) is 2.68. The zero-order valence-electron chi connectivity index (χ0n) is 6.77. The van der Waals surface area contributed by atoms with Gasteiger partial charge in [0, 0.05) is 6.04 Å². The molecule has 1 aliphatic rings. The third kappa shape index (κ3) is 1.50. The van der Waals surface area contributed by atoms with Crippen LogP contribution in [-0.2, 0) is 4.79 Å². The van der Waals surface area contributed by atoms with E-state index in [1.807, 2.05) is 0 Å². The third-order valence-corrected chi connectivity index (χ3v) is 2.50. The van der Waals surface area contributed by atoms with E-state index in [0.29, 0.717) is 0 Å². The molecule has 1 saturated carbocycles. The second-order valence-corrected chi connectivity index (χ2v) is 3.39. The lowest BCUT2D eigenvalue weighted by Crippen LogP contribution is -2.43. The Morgan fingerprint density at radius 3 is 2.23 bits per heavy atom. The van der Waals surface area contributed by atoms with Gasteiger partial charge in [0.05, 0.1) is 0 Å². The van der Waals surface area contributed by atoms with Crippen LogP contribution in [0.25, 0.3) is 0 Å². The van der Waals surface area contributed by atoms with Gasteiger partial charge in [-0.2, -0.15) is 13.2 Å². The molecule has 0 saturated heterocycles. The highest BCUT2D eigenvalue weighted by atomic mass is 19.4. The molecule has 0 bridgehead atoms. The molecule has 76 valence electrons. The number of hydrogen-bond acceptors (Lipinski definition) is 2. The summed E-state index contributed by atoms with van der Waals surface area (Å²) < 4.78 is 37.2. The minimum absolute atomic E-state index is 0.117. The van der Waals surface area contributed by atoms with Crippen molar-refractivity contribution in [2.45, 2.75) is 31.5 Å². The van der Waals surface area contributed by atoms with Crippen LogP contribution >= 0.6 is 0 Å². The second-order valence-electron chi connectivity index (χ2n) is 3.39. The maximum absolute atomic E-state index is 12.4. The zero-order valence-corrected chi connectivity index (χ0v) is 6.77. The summed E-state index contributed by atoms with van der Waals surface area (Å²) in [7, 11) is 0. The van der Waals surface area contributed by atoms with Gasteiger partial charge in [-0.15, -0.1) is 0 Å². The summed E-state index contributed by atoms with van der Waals surface area (Å²) >= 11 is 0. The Morgan fingerprint density at radius 2 is 2.08 bits per heavy atom. The number of aliphatic carboxylic acids is 1. The van der Waals surface area contributed by atoms with E-state index in [4.69, 9.17) is 10.8 Å². The van der Waals surface area contributed by atoms with Crippen LogP contribution in [0.2, 0.25) is 0 Å². The summed E-state index contributed by atoms with van der Waals surface area (Å²) in [6, 6.07) is -0.655. The number of rotatable bonds is 1. The van der Waals surface area contributed by atoms with E-state index >= 15 is 0 Å². The van der Waals surface area contributed by atoms with Crippen molar-refractivity contribution < 1.29 is 23.1 Å². The summed E-state index contributed by atoms with van der Waals surface area (Å²) in [5.74, 6) is -1.81. The van der Waals surface area contributed by atoms with Crippen LogP contribution in [0.3, 0.4) is 0 Å². The van der Waals surface area contributed by atoms with Gasteiger partial charge in [-0.1, -0.05) is 0 Å². The third-order valence-electron chi connectivity index (χ3n) is 2.50. The predicted octanol–water partition coefficient (Wildman–Crippen LogP) is 1.13. The van der Waals surface area contributed by atoms with Crippen LogP contribution in [0.1, 0.15) is 19.3 Å². The summed E-state index contributed by atoms with van der Waals surface area (Å²) in [6.07, 6.45) is -5.50. The lowest BCUT2D eigenvalue weighted by Gasteiger charge is -2.26. The Bertz CT molecular complexity index is 228. The Hall–Kier alpha value is -0.780. The molecule has 1 aliphatic carbocycles. The zero-order chi connectivity index (χ0) is 10.3. The molecule has 3 nitrogen and oxygen atoms in total. The van der Waals surface area contributed by atoms with E-state index in [9.17, 15) is 18.0 Å². The lowest BCUT2D eigenvalue weighted by atomic mass is 9.85. The smallest absolute Gasteiger partial charge is 0.404 e. The molecule has 0 spiro atoms. The van der Waals surface area contributed by atoms with Crippen molar-refractivity contribution >= 4 is 5.97 Å². The number of halogens is 3. The largest absolute Gasteiger partial charge is 0.481 e. The first-order valence-electron chi connectivity index (χ1n) is 3.85. The van der Waals surface area contributed by atoms with Crippen molar-refractivity contribution in [3.8, 4) is 0 Å². The molecule has 0 radical (unpaired) electrons. The molecule has 6 heteroatoms. The normalized spacial score (nSPS) is 34.9. The van der Waals surface area contributed by atoms with Gasteiger partial charge in [0.2, 0.25) is 0 Å². The summed E-state index contributed by atoms with van der Waals surface area (Å²) in [4.78, 5) is 10.5. The number of carboxylic acid groups (broad SMARTS) is 1. The SMILES string of the molecule is NC1CCC(C(=O)O)(C(F)(F)F)C1. The molecule has 0 aromatic rings. The maximum atomic E-state index is 12.4. The van der Waals surface area contributed by atoms with Crippen LogP contribution in [0.4, 0.5) is 13.2 Å². The van der Waals surface area contributed by atoms with Gasteiger partial charge in [-0.25, -0.2) is 0 Å². The monoisotopic (exact) mass is 197 g/mol. The van der Waals surface area contributed by atoms with Crippen LogP contribution in [-0.4, -0.2) is 23.3 Å². The molecule has 0 heterocycles. The molecule has 1 rings (SSSR count). The average molecular weight is 197 g/mol. The first-order valence-corrected chi connectivity index (χ1v) is 3.85. The molecule has 0 aromatic heterocycles. The van der Waals surface area contributed by atoms with Crippen LogP contribution in [0.5, 0.6) is 0 Å². The summed E-state index contributed by atoms with van der Waals surface area (Å²) in [5, 5.41) is 8.54. The fraction of sp³-hybridized carbons (Fsp3) is 0.857. The highest BCUT2D eigenvalue weighted by Crippen LogP contribution is 2.50. The van der Waals surface area contributed by atoms with E-state index < -0.39 is 36.4 Å². The second kappa shape index (κ2) is 2.87. The van der Waals surface area contributed by atoms with E-state index in [1.165, 1.54) is 0 Å². The fourth-order valence-corrected chi connectivity index (χ4v) is 1.66. The van der Waals surface area contributed by atoms with Gasteiger partial charge in [0.15, 0.2) is 5.41 Å². The molecule has 2 atom stereocenters. The van der Waals surface area contributed by atoms with Crippen LogP contribution < -0.4 is 5.73 Å². The van der Waals surface area contributed by atoms with Gasteiger partial charge in [0.1, 0.15) is 0 Å². The van der Waals surface area contributed by atoms with E-state index in [1.54, 1.807) is 0 Å². The van der Waals surface area contributed by atoms with Crippen LogP contribution in [0.15, 0.2) is 0 Å². The Kier molecular flexibility index (Phi) is 2.27. The van der Waals surface area contributed by atoms with Gasteiger partial charge in [0.25, 0.3) is 0 Å². The van der Waals surface area contributed by atoms with Crippen molar-refractivity contribution in [1.82, 2.24) is 0 Å². The first-order chi connectivity index (χ1) is 5.79. The quantitative estimate of drug-likeness (QED) is 0.662. The van der Waals surface area contributed by atoms with Crippen molar-refractivity contribution in [1.29, 1.82) is 0 Å². The predicted molar refractivity (Wildman–Crippen MR) is 38.0 cm³/mol. The fourth-order valence-electron chi connectivity index (χ4n) is 1.66. The Morgan fingerprint density at radius 1 is 1.54 bits per heavy atom. The van der Waals surface area contributed by atoms with Crippen molar-refractivity contribution in [2.75, 3.05) is 0 Å². The molecular weight excluding hydrogens is 187 g/mol. The van der Waals surface area contributed by atoms with Gasteiger partial charge >= 0.3 is 12.1 Å². The number of hydrogen-bond donors (Lipinski definition) is 2. The number of alkyl halides is 3. The topological polar surface area (TPSA) is 63.3 Å². The highest BCUT2D eigenvalue weighted by Gasteiger charge is 2.63. The maximum Gasteiger partial charge on any atom is 0.404 e. The molecule has 1 fully saturated rings. The van der Waals surface area contributed by atoms with Gasteiger partial charge < -0.3 is 10.8 Å². The molecular formula is C7H10F3NO2. The van der Waals surface area contributed by atoms with Crippen molar-refractivity contribution in [2.24, 2.45) is 11.1 Å². The highest BCUT2D eigenvalue weighted by molar-refractivity contribution is 5.76. The molecule has 0 amide bonds. The molecule has 0 aliphatic heterocycles. The average Bonchev–Trinajstić information content (AvgIpc) is 2.30. The van der Waals surface area contributed by atoms with Gasteiger partial charge in [-0.3, -0.25) is 4.79 Å². The van der Waals surface area contributed by atoms with E-state index in [-0.39, 0.29) is 6.42 Å². The molecule has 3 N–H and O–H groups in total. The number of nitrogens with two attached hydrogens (primary N) is 1. The molecule has 0 aromatic carbocycles. The van der Waals surface area contributed by atoms with E-state index in [2.05, 4.69) is 0 Å². The number of carboxylic acids is 1. The van der Waals surface area contributed by atoms with Crippen molar-refractivity contribution in [3.63, 3.8) is 0 Å². The van der Waals surface area contributed by atoms with Crippen molar-refractivity contribution in [3.05, 3.63) is 0 Å². The lowest BCUT2D eigenvalue weighted by molar-refractivity contribution is -0.230. The Balaban J connectivity index is 2.97. The minimum atomic E-state index is -4.70. The van der Waals surface area contributed by atoms with E-state index in [0.717, 1.165) is 0 Å². The summed E-state index contributed by atoms with van der Waals surface area (Å²) in [6.45, 7) is 0. The molecule has 2 unspecified atom stereocenters. The Labute approximate surface area is 72.7 Å². The number of carbonyl (C=O) groups is 1.